The summed E-state index contributed by atoms with van der Waals surface area (Å²) in [5.41, 5.74) is 0.743. The van der Waals surface area contributed by atoms with Crippen LogP contribution in [0.15, 0.2) is 27.4 Å². The highest BCUT2D eigenvalue weighted by molar-refractivity contribution is 5.99. The maximum atomic E-state index is 13.6. The molecule has 3 heterocycles. The van der Waals surface area contributed by atoms with E-state index in [0.717, 1.165) is 12.0 Å². The molecule has 0 atom stereocenters. The van der Waals surface area contributed by atoms with Gasteiger partial charge < -0.3 is 23.7 Å². The van der Waals surface area contributed by atoms with Gasteiger partial charge in [0, 0.05) is 17.7 Å². The summed E-state index contributed by atoms with van der Waals surface area (Å²) in [6, 6.07) is 3.35. The van der Waals surface area contributed by atoms with Crippen molar-refractivity contribution in [3.05, 3.63) is 39.6 Å². The molecular formula is C24H24O6. The second-order valence-corrected chi connectivity index (χ2v) is 9.10. The highest BCUT2D eigenvalue weighted by Crippen LogP contribution is 2.46. The molecule has 0 bridgehead atoms. The largest absolute Gasteiger partial charge is 0.506 e. The van der Waals surface area contributed by atoms with Crippen molar-refractivity contribution < 1.29 is 23.7 Å². The molecular weight excluding hydrogens is 384 g/mol. The number of phenols is 1. The average molecular weight is 408 g/mol. The maximum Gasteiger partial charge on any atom is 0.204 e. The van der Waals surface area contributed by atoms with Gasteiger partial charge in [0.1, 0.15) is 39.3 Å². The molecule has 30 heavy (non-hydrogen) atoms. The second kappa shape index (κ2) is 5.94. The smallest absolute Gasteiger partial charge is 0.204 e. The molecule has 1 aromatic heterocycles. The van der Waals surface area contributed by atoms with E-state index in [1.54, 1.807) is 25.3 Å². The third kappa shape index (κ3) is 2.66. The first-order valence-electron chi connectivity index (χ1n) is 10.0. The lowest BCUT2D eigenvalue weighted by Gasteiger charge is -2.33. The van der Waals surface area contributed by atoms with Crippen LogP contribution in [0, 0.1) is 0 Å². The van der Waals surface area contributed by atoms with Crippen molar-refractivity contribution in [3.8, 4) is 23.0 Å². The van der Waals surface area contributed by atoms with Gasteiger partial charge in [-0.25, -0.2) is 0 Å². The zero-order valence-corrected chi connectivity index (χ0v) is 17.7. The van der Waals surface area contributed by atoms with Crippen molar-refractivity contribution in [2.24, 2.45) is 0 Å². The van der Waals surface area contributed by atoms with Crippen LogP contribution >= 0.6 is 0 Å². The third-order valence-corrected chi connectivity index (χ3v) is 5.85. The zero-order chi connectivity index (χ0) is 21.4. The molecule has 6 heteroatoms. The lowest BCUT2D eigenvalue weighted by molar-refractivity contribution is 0.0810. The maximum absolute atomic E-state index is 13.6. The fourth-order valence-corrected chi connectivity index (χ4v) is 4.28. The lowest BCUT2D eigenvalue weighted by atomic mass is 9.91. The molecule has 2 aromatic carbocycles. The normalized spacial score (nSPS) is 18.4. The van der Waals surface area contributed by atoms with E-state index in [1.807, 2.05) is 33.8 Å². The summed E-state index contributed by atoms with van der Waals surface area (Å²) >= 11 is 0. The van der Waals surface area contributed by atoms with E-state index in [4.69, 9.17) is 18.6 Å². The Morgan fingerprint density at radius 1 is 1.07 bits per heavy atom. The Morgan fingerprint density at radius 2 is 1.80 bits per heavy atom. The van der Waals surface area contributed by atoms with Gasteiger partial charge in [0.05, 0.1) is 18.1 Å². The van der Waals surface area contributed by atoms with E-state index in [2.05, 4.69) is 0 Å². The summed E-state index contributed by atoms with van der Waals surface area (Å²) in [5.74, 6) is 1.43. The number of aromatic hydroxyl groups is 1. The molecule has 5 rings (SSSR count). The fraction of sp³-hybridized carbons (Fsp3) is 0.375. The molecule has 0 amide bonds. The number of rotatable bonds is 1. The van der Waals surface area contributed by atoms with Gasteiger partial charge in [0.2, 0.25) is 5.43 Å². The van der Waals surface area contributed by atoms with Crippen molar-refractivity contribution >= 4 is 28.0 Å². The van der Waals surface area contributed by atoms with E-state index >= 15 is 0 Å². The SMILES string of the molecule is COc1cc2oc3cc4c(c(O)c3c(=O)c2c2c1OC(C)(C)CC2)C=CC(C)(C)O4. The Morgan fingerprint density at radius 3 is 2.53 bits per heavy atom. The quantitative estimate of drug-likeness (QED) is 0.574. The van der Waals surface area contributed by atoms with E-state index < -0.39 is 5.60 Å². The first-order valence-corrected chi connectivity index (χ1v) is 10.0. The molecule has 6 nitrogen and oxygen atoms in total. The third-order valence-electron chi connectivity index (χ3n) is 5.85. The molecule has 2 aliphatic rings. The van der Waals surface area contributed by atoms with Crippen molar-refractivity contribution in [1.29, 1.82) is 0 Å². The van der Waals surface area contributed by atoms with Gasteiger partial charge in [-0.1, -0.05) is 0 Å². The number of ether oxygens (including phenoxy) is 3. The van der Waals surface area contributed by atoms with Gasteiger partial charge in [-0.3, -0.25) is 4.79 Å². The predicted molar refractivity (Wildman–Crippen MR) is 115 cm³/mol. The second-order valence-electron chi connectivity index (χ2n) is 9.10. The lowest BCUT2D eigenvalue weighted by Crippen LogP contribution is -2.33. The first kappa shape index (κ1) is 18.9. The van der Waals surface area contributed by atoms with E-state index in [-0.39, 0.29) is 27.7 Å². The van der Waals surface area contributed by atoms with Gasteiger partial charge in [-0.15, -0.1) is 0 Å². The minimum Gasteiger partial charge on any atom is -0.506 e. The van der Waals surface area contributed by atoms with Crippen molar-refractivity contribution in [1.82, 2.24) is 0 Å². The fourth-order valence-electron chi connectivity index (χ4n) is 4.28. The number of benzene rings is 2. The first-order chi connectivity index (χ1) is 14.1. The van der Waals surface area contributed by atoms with Crippen molar-refractivity contribution in [2.45, 2.75) is 51.7 Å². The topological polar surface area (TPSA) is 78.1 Å². The highest BCUT2D eigenvalue weighted by Gasteiger charge is 2.33. The predicted octanol–water partition coefficient (Wildman–Crippen LogP) is 4.95. The number of methoxy groups -OCH3 is 1. The van der Waals surface area contributed by atoms with E-state index in [1.165, 1.54) is 0 Å². The van der Waals surface area contributed by atoms with Crippen LogP contribution < -0.4 is 19.6 Å². The average Bonchev–Trinajstić information content (AvgIpc) is 2.65. The molecule has 0 unspecified atom stereocenters. The standard InChI is InChI=1S/C24H24O6/c1-23(2)8-6-12-14(29-23)10-16-19(20(12)25)21(26)18-13-7-9-24(3,4)30-22(13)17(27-5)11-15(18)28-16/h6,8,10-11,25H,7,9H2,1-5H3. The Hall–Kier alpha value is -3.15. The minimum atomic E-state index is -0.517. The van der Waals surface area contributed by atoms with Gasteiger partial charge >= 0.3 is 0 Å². The molecule has 0 spiro atoms. The van der Waals surface area contributed by atoms with Crippen LogP contribution in [0.1, 0.15) is 45.2 Å². The zero-order valence-electron chi connectivity index (χ0n) is 17.7. The molecule has 3 aromatic rings. The van der Waals surface area contributed by atoms with Gasteiger partial charge in [-0.2, -0.15) is 0 Å². The van der Waals surface area contributed by atoms with Crippen LogP contribution in [0.4, 0.5) is 0 Å². The summed E-state index contributed by atoms with van der Waals surface area (Å²) in [6.07, 6.45) is 5.04. The number of hydrogen-bond acceptors (Lipinski definition) is 6. The molecule has 1 N–H and O–H groups in total. The molecule has 0 saturated heterocycles. The molecule has 0 fully saturated rings. The van der Waals surface area contributed by atoms with Gasteiger partial charge in [0.15, 0.2) is 11.5 Å². The Kier molecular flexibility index (Phi) is 3.73. The summed E-state index contributed by atoms with van der Waals surface area (Å²) in [7, 11) is 1.57. The van der Waals surface area contributed by atoms with Crippen LogP contribution in [0.5, 0.6) is 23.0 Å². The van der Waals surface area contributed by atoms with E-state index in [9.17, 15) is 9.90 Å². The summed E-state index contributed by atoms with van der Waals surface area (Å²) in [6.45, 7) is 7.86. The molecule has 0 aliphatic carbocycles. The summed E-state index contributed by atoms with van der Waals surface area (Å²) in [4.78, 5) is 13.6. The van der Waals surface area contributed by atoms with Crippen molar-refractivity contribution in [2.75, 3.05) is 7.11 Å². The van der Waals surface area contributed by atoms with E-state index in [0.29, 0.717) is 40.2 Å². The Labute approximate surface area is 173 Å². The number of fused-ring (bicyclic) bond motifs is 5. The van der Waals surface area contributed by atoms with Crippen LogP contribution in [-0.2, 0) is 6.42 Å². The minimum absolute atomic E-state index is 0.133. The Balaban J connectivity index is 1.87. The molecule has 0 radical (unpaired) electrons. The molecule has 2 aliphatic heterocycles. The number of hydrogen-bond donors (Lipinski definition) is 1. The van der Waals surface area contributed by atoms with Crippen molar-refractivity contribution in [3.63, 3.8) is 0 Å². The van der Waals surface area contributed by atoms with Gasteiger partial charge in [-0.05, 0) is 52.7 Å². The molecule has 0 saturated carbocycles. The van der Waals surface area contributed by atoms with Crippen LogP contribution in [0.2, 0.25) is 0 Å². The van der Waals surface area contributed by atoms with Crippen LogP contribution in [0.25, 0.3) is 28.0 Å². The highest BCUT2D eigenvalue weighted by atomic mass is 16.5. The Bertz CT molecular complexity index is 1310. The van der Waals surface area contributed by atoms with Crippen LogP contribution in [-0.4, -0.2) is 23.4 Å². The monoisotopic (exact) mass is 408 g/mol. The number of aryl methyl sites for hydroxylation is 1. The summed E-state index contributed by atoms with van der Waals surface area (Å²) in [5, 5.41) is 11.5. The number of phenolic OH excluding ortho intramolecular Hbond substituents is 1. The van der Waals surface area contributed by atoms with Crippen LogP contribution in [0.3, 0.4) is 0 Å². The molecule has 156 valence electrons. The van der Waals surface area contributed by atoms with Gasteiger partial charge in [0.25, 0.3) is 0 Å². The summed E-state index contributed by atoms with van der Waals surface area (Å²) < 4.78 is 23.8.